The topological polar surface area (TPSA) is 120 Å². The molecule has 0 aromatic rings. The first-order chi connectivity index (χ1) is 7.13. The monoisotopic (exact) mass is 458 g/mol. The van der Waals surface area contributed by atoms with Gasteiger partial charge in [0.25, 0.3) is 9.58 Å². The smallest absolute Gasteiger partial charge is 0.275 e. The second kappa shape index (κ2) is 5.09. The van der Waals surface area contributed by atoms with Gasteiger partial charge in [-0.05, 0) is 22.6 Å². The molecule has 0 amide bonds. The molecule has 0 bridgehead atoms. The molecular formula is C6H9BI2O7. The molecule has 7 nitrogen and oxygen atoms in total. The van der Waals surface area contributed by atoms with Crippen LogP contribution in [0.1, 0.15) is 0 Å². The van der Waals surface area contributed by atoms with Gasteiger partial charge in [0.1, 0.15) is 49.2 Å². The van der Waals surface area contributed by atoms with E-state index in [0.29, 0.717) is 0 Å². The molecule has 0 aromatic heterocycles. The molecule has 1 unspecified atom stereocenters. The molecule has 16 heavy (non-hydrogen) atoms. The zero-order chi connectivity index (χ0) is 12.7. The molecular weight excluding hydrogens is 449 g/mol. The number of hydrogen-bond donors (Lipinski definition) is 5. The summed E-state index contributed by atoms with van der Waals surface area (Å²) in [5.41, 5.74) is 0. The van der Waals surface area contributed by atoms with E-state index in [1.54, 1.807) is 0 Å². The van der Waals surface area contributed by atoms with E-state index < -0.39 is 33.9 Å². The third-order valence-corrected chi connectivity index (χ3v) is 3.62. The lowest BCUT2D eigenvalue weighted by Crippen LogP contribution is -2.61. The molecule has 92 valence electrons. The van der Waals surface area contributed by atoms with Gasteiger partial charge >= 0.3 is 0 Å². The summed E-state index contributed by atoms with van der Waals surface area (Å²) >= 11 is 2.41. The van der Waals surface area contributed by atoms with E-state index in [4.69, 9.17) is 15.6 Å². The van der Waals surface area contributed by atoms with Crippen LogP contribution in [0.3, 0.4) is 0 Å². The van der Waals surface area contributed by atoms with Gasteiger partial charge in [-0.25, -0.2) is 0 Å². The molecule has 0 spiro atoms. The SMILES string of the molecule is [B][C@@H]1OC(C(O)(O)C(O)(O)I)[C@@H](OI)[C@H]1O. The minimum Gasteiger partial charge on any atom is -0.388 e. The van der Waals surface area contributed by atoms with Crippen molar-refractivity contribution in [3.05, 3.63) is 0 Å². The maximum Gasteiger partial charge on any atom is 0.275 e. The number of ether oxygens (including phenoxy) is 1. The van der Waals surface area contributed by atoms with Crippen LogP contribution in [0.2, 0.25) is 0 Å². The molecule has 1 rings (SSSR count). The highest BCUT2D eigenvalue weighted by atomic mass is 127. The Bertz CT molecular complexity index is 258. The molecule has 1 heterocycles. The van der Waals surface area contributed by atoms with E-state index in [1.807, 2.05) is 0 Å². The average Bonchev–Trinajstić information content (AvgIpc) is 2.42. The highest BCUT2D eigenvalue weighted by molar-refractivity contribution is 14.1. The van der Waals surface area contributed by atoms with E-state index in [2.05, 4.69) is 0 Å². The quantitative estimate of drug-likeness (QED) is 0.140. The number of rotatable bonds is 3. The molecule has 1 fully saturated rings. The second-order valence-electron chi connectivity index (χ2n) is 3.38. The van der Waals surface area contributed by atoms with Gasteiger partial charge in [0.2, 0.25) is 0 Å². The van der Waals surface area contributed by atoms with Gasteiger partial charge in [0, 0.05) is 6.00 Å². The Morgan fingerprint density at radius 1 is 1.25 bits per heavy atom. The molecule has 4 atom stereocenters. The molecule has 0 aromatic carbocycles. The van der Waals surface area contributed by atoms with E-state index in [9.17, 15) is 25.5 Å². The zero-order valence-corrected chi connectivity index (χ0v) is 12.0. The Labute approximate surface area is 120 Å². The lowest BCUT2D eigenvalue weighted by Gasteiger charge is -2.36. The fourth-order valence-corrected chi connectivity index (χ4v) is 2.17. The largest absolute Gasteiger partial charge is 0.388 e. The fraction of sp³-hybridized carbons (Fsp3) is 1.00. The summed E-state index contributed by atoms with van der Waals surface area (Å²) in [4.78, 5) is 0. The highest BCUT2D eigenvalue weighted by Gasteiger charge is 2.60. The first-order valence-corrected chi connectivity index (χ1v) is 6.03. The minimum atomic E-state index is -3.04. The summed E-state index contributed by atoms with van der Waals surface area (Å²) in [6.45, 7) is 0. The van der Waals surface area contributed by atoms with Crippen molar-refractivity contribution in [1.82, 2.24) is 0 Å². The summed E-state index contributed by atoms with van der Waals surface area (Å²) in [6.07, 6.45) is -4.10. The van der Waals surface area contributed by atoms with Crippen LogP contribution in [0.15, 0.2) is 0 Å². The van der Waals surface area contributed by atoms with Crippen LogP contribution >= 0.6 is 45.6 Å². The number of aliphatic hydroxyl groups is 5. The van der Waals surface area contributed by atoms with Gasteiger partial charge < -0.3 is 33.3 Å². The van der Waals surface area contributed by atoms with Crippen LogP contribution in [0.25, 0.3) is 0 Å². The minimum absolute atomic E-state index is 1.00. The van der Waals surface area contributed by atoms with Crippen molar-refractivity contribution in [2.24, 2.45) is 0 Å². The molecule has 0 saturated carbocycles. The Hall–Kier alpha value is 1.24. The molecule has 1 aliphatic rings. The van der Waals surface area contributed by atoms with Crippen LogP contribution < -0.4 is 0 Å². The van der Waals surface area contributed by atoms with Crippen molar-refractivity contribution < 1.29 is 33.3 Å². The van der Waals surface area contributed by atoms with E-state index >= 15 is 0 Å². The lowest BCUT2D eigenvalue weighted by atomic mass is 9.92. The van der Waals surface area contributed by atoms with Gasteiger partial charge in [-0.2, -0.15) is 0 Å². The Balaban J connectivity index is 2.96. The first-order valence-electron chi connectivity index (χ1n) is 4.08. The standard InChI is InChI=1S/C6H9BI2O7/c7-4-1(10)2(16-9)3(15-4)5(11,12)6(8,13)14/h1-4,10-14H/t1-,2+,3?,4-/m1/s1. The second-order valence-corrected chi connectivity index (χ2v) is 5.39. The highest BCUT2D eigenvalue weighted by Crippen LogP contribution is 2.37. The number of halogens is 2. The van der Waals surface area contributed by atoms with Gasteiger partial charge in [0.05, 0.1) is 0 Å². The first kappa shape index (κ1) is 15.3. The summed E-state index contributed by atoms with van der Waals surface area (Å²) < 4.78 is 6.72. The van der Waals surface area contributed by atoms with E-state index in [0.717, 1.165) is 22.6 Å². The molecule has 1 aliphatic heterocycles. The predicted octanol–water partition coefficient (Wildman–Crippen LogP) is -2.27. The predicted molar refractivity (Wildman–Crippen MR) is 67.7 cm³/mol. The van der Waals surface area contributed by atoms with E-state index in [-0.39, 0.29) is 0 Å². The Kier molecular flexibility index (Phi) is 4.86. The van der Waals surface area contributed by atoms with Crippen LogP contribution in [0.4, 0.5) is 0 Å². The molecule has 0 aliphatic carbocycles. The average molecular weight is 458 g/mol. The summed E-state index contributed by atoms with van der Waals surface area (Å²) in [5, 5.41) is 47.0. The van der Waals surface area contributed by atoms with Crippen molar-refractivity contribution >= 4 is 53.4 Å². The third kappa shape index (κ3) is 2.64. The van der Waals surface area contributed by atoms with Gasteiger partial charge in [-0.1, -0.05) is 0 Å². The number of aliphatic hydroxyl groups excluding tert-OH is 1. The van der Waals surface area contributed by atoms with Crippen molar-refractivity contribution in [1.29, 1.82) is 0 Å². The zero-order valence-electron chi connectivity index (χ0n) is 7.70. The van der Waals surface area contributed by atoms with Crippen LogP contribution in [-0.2, 0) is 7.80 Å². The Morgan fingerprint density at radius 3 is 2.12 bits per heavy atom. The van der Waals surface area contributed by atoms with Crippen molar-refractivity contribution in [2.75, 3.05) is 0 Å². The Morgan fingerprint density at radius 2 is 1.75 bits per heavy atom. The fourth-order valence-electron chi connectivity index (χ4n) is 1.30. The number of alkyl halides is 1. The van der Waals surface area contributed by atoms with Gasteiger partial charge in [-0.3, -0.25) is 0 Å². The summed E-state index contributed by atoms with van der Waals surface area (Å²) in [7, 11) is 5.33. The maximum absolute atomic E-state index is 9.56. The molecule has 1 saturated heterocycles. The summed E-state index contributed by atoms with van der Waals surface area (Å²) in [6, 6.07) is -1.21. The van der Waals surface area contributed by atoms with Gasteiger partial charge in [-0.15, -0.1) is 0 Å². The molecule has 10 heteroatoms. The number of hydrogen-bond acceptors (Lipinski definition) is 7. The summed E-state index contributed by atoms with van der Waals surface area (Å²) in [5.74, 6) is -3.04. The van der Waals surface area contributed by atoms with Gasteiger partial charge in [0.15, 0.2) is 0 Å². The molecule has 2 radical (unpaired) electrons. The normalized spacial score (nSPS) is 36.7. The van der Waals surface area contributed by atoms with Crippen LogP contribution in [0.5, 0.6) is 0 Å². The van der Waals surface area contributed by atoms with Crippen molar-refractivity contribution in [2.45, 2.75) is 33.9 Å². The van der Waals surface area contributed by atoms with E-state index in [1.165, 1.54) is 23.0 Å². The molecule has 5 N–H and O–H groups in total. The van der Waals surface area contributed by atoms with Crippen molar-refractivity contribution in [3.63, 3.8) is 0 Å². The third-order valence-electron chi connectivity index (χ3n) is 2.24. The lowest BCUT2D eigenvalue weighted by molar-refractivity contribution is -0.342. The van der Waals surface area contributed by atoms with Crippen LogP contribution in [0, 0.1) is 0 Å². The maximum atomic E-state index is 9.56. The van der Waals surface area contributed by atoms with Crippen molar-refractivity contribution in [3.8, 4) is 0 Å². The van der Waals surface area contributed by atoms with Crippen LogP contribution in [-0.4, -0.2) is 67.3 Å².